The fourth-order valence-electron chi connectivity index (χ4n) is 3.12. The molecule has 2 rings (SSSR count). The van der Waals surface area contributed by atoms with E-state index in [1.165, 1.54) is 0 Å². The molecule has 98 valence electrons. The van der Waals surface area contributed by atoms with Gasteiger partial charge in [0.2, 0.25) is 0 Å². The van der Waals surface area contributed by atoms with Crippen molar-refractivity contribution in [3.8, 4) is 0 Å². The van der Waals surface area contributed by atoms with Crippen molar-refractivity contribution in [1.82, 2.24) is 0 Å². The summed E-state index contributed by atoms with van der Waals surface area (Å²) >= 11 is 3.47. The zero-order valence-electron chi connectivity index (χ0n) is 10.9. The maximum absolute atomic E-state index is 10.4. The molecule has 2 nitrogen and oxygen atoms in total. The van der Waals surface area contributed by atoms with E-state index in [1.54, 1.807) is 0 Å². The van der Waals surface area contributed by atoms with Gasteiger partial charge in [-0.3, -0.25) is 0 Å². The lowest BCUT2D eigenvalue weighted by atomic mass is 9.41. The van der Waals surface area contributed by atoms with Crippen molar-refractivity contribution in [2.75, 3.05) is 0 Å². The van der Waals surface area contributed by atoms with Gasteiger partial charge in [0.15, 0.2) is 0 Å². The van der Waals surface area contributed by atoms with Crippen molar-refractivity contribution in [3.05, 3.63) is 35.4 Å². The Labute approximate surface area is 118 Å². The summed E-state index contributed by atoms with van der Waals surface area (Å²) in [7, 11) is 0. The predicted octanol–water partition coefficient (Wildman–Crippen LogP) is 2.98. The second kappa shape index (κ2) is 5.36. The molecular formula is C14H20BBrO2. The summed E-state index contributed by atoms with van der Waals surface area (Å²) in [6.45, 7) is 3.74. The summed E-state index contributed by atoms with van der Waals surface area (Å²) in [5.41, 5.74) is 2.24. The minimum Gasteiger partial charge on any atom is -0.450 e. The van der Waals surface area contributed by atoms with Crippen LogP contribution in [0.4, 0.5) is 0 Å². The minimum absolute atomic E-state index is 0.0126. The van der Waals surface area contributed by atoms with Crippen molar-refractivity contribution in [2.24, 2.45) is 5.41 Å². The first kappa shape index (κ1) is 14.1. The molecule has 0 aliphatic carbocycles. The van der Waals surface area contributed by atoms with Gasteiger partial charge in [-0.25, -0.2) is 0 Å². The lowest BCUT2D eigenvalue weighted by Gasteiger charge is -2.40. The third-order valence-electron chi connectivity index (χ3n) is 3.91. The Balaban J connectivity index is 2.32. The van der Waals surface area contributed by atoms with Gasteiger partial charge < -0.3 is 10.1 Å². The van der Waals surface area contributed by atoms with Gasteiger partial charge in [0.1, 0.15) is 0 Å². The van der Waals surface area contributed by atoms with Crippen molar-refractivity contribution in [1.29, 1.82) is 0 Å². The summed E-state index contributed by atoms with van der Waals surface area (Å²) in [6.07, 6.45) is 1.01. The highest BCUT2D eigenvalue weighted by Crippen LogP contribution is 2.42. The third-order valence-corrected chi connectivity index (χ3v) is 4.51. The van der Waals surface area contributed by atoms with Crippen LogP contribution in [0.3, 0.4) is 0 Å². The van der Waals surface area contributed by atoms with E-state index in [0.717, 1.165) is 29.2 Å². The minimum atomic E-state index is -0.469. The Bertz CT molecular complexity index is 408. The first-order chi connectivity index (χ1) is 8.44. The molecule has 0 saturated carbocycles. The topological polar surface area (TPSA) is 40.5 Å². The normalized spacial score (nSPS) is 27.3. The number of aliphatic hydroxyl groups excluding tert-OH is 1. The first-order valence-electron chi connectivity index (χ1n) is 6.44. The third kappa shape index (κ3) is 2.81. The highest BCUT2D eigenvalue weighted by molar-refractivity contribution is 9.08. The highest BCUT2D eigenvalue weighted by atomic mass is 79.9. The molecule has 2 atom stereocenters. The molecule has 2 unspecified atom stereocenters. The molecule has 1 saturated heterocycles. The van der Waals surface area contributed by atoms with Gasteiger partial charge in [0, 0.05) is 11.1 Å². The van der Waals surface area contributed by atoms with E-state index in [-0.39, 0.29) is 11.2 Å². The number of halogens is 1. The van der Waals surface area contributed by atoms with Gasteiger partial charge in [-0.2, -0.15) is 0 Å². The van der Waals surface area contributed by atoms with Crippen LogP contribution in [0.1, 0.15) is 37.2 Å². The van der Waals surface area contributed by atoms with Crippen LogP contribution in [0, 0.1) is 5.41 Å². The van der Waals surface area contributed by atoms with Gasteiger partial charge in [-0.05, 0) is 29.3 Å². The predicted molar refractivity (Wildman–Crippen MR) is 79.0 cm³/mol. The van der Waals surface area contributed by atoms with E-state index < -0.39 is 13.0 Å². The zero-order valence-corrected chi connectivity index (χ0v) is 12.5. The van der Waals surface area contributed by atoms with E-state index in [1.807, 2.05) is 24.3 Å². The van der Waals surface area contributed by atoms with Crippen LogP contribution >= 0.6 is 15.9 Å². The summed E-state index contributed by atoms with van der Waals surface area (Å²) < 4.78 is 0. The molecule has 0 bridgehead atoms. The van der Waals surface area contributed by atoms with Crippen LogP contribution in [0.15, 0.2) is 24.3 Å². The zero-order chi connectivity index (χ0) is 13.3. The molecular weight excluding hydrogens is 291 g/mol. The summed E-state index contributed by atoms with van der Waals surface area (Å²) in [6, 6.07) is 8.03. The summed E-state index contributed by atoms with van der Waals surface area (Å²) in [5, 5.41) is 21.5. The molecule has 0 radical (unpaired) electrons. The summed E-state index contributed by atoms with van der Waals surface area (Å²) in [5.74, 6) is -0.160. The van der Waals surface area contributed by atoms with Crippen LogP contribution in [-0.2, 0) is 5.33 Å². The number of aliphatic hydroxyl groups is 1. The SMILES string of the molecule is CC1(C)CB(O)C(c2ccccc2CBr)C(O)C1. The van der Waals surface area contributed by atoms with Gasteiger partial charge in [-0.15, -0.1) is 0 Å². The van der Waals surface area contributed by atoms with Crippen molar-refractivity contribution >= 4 is 22.8 Å². The number of benzene rings is 1. The Morgan fingerprint density at radius 2 is 2.06 bits per heavy atom. The van der Waals surface area contributed by atoms with Crippen LogP contribution in [0.25, 0.3) is 0 Å². The molecule has 1 aliphatic rings. The second-order valence-electron chi connectivity index (χ2n) is 6.07. The molecule has 1 aromatic rings. The van der Waals surface area contributed by atoms with E-state index in [2.05, 4.69) is 29.8 Å². The largest absolute Gasteiger partial charge is 0.450 e. The number of hydrogen-bond donors (Lipinski definition) is 2. The average Bonchev–Trinajstić information content (AvgIpc) is 2.27. The van der Waals surface area contributed by atoms with Crippen LogP contribution < -0.4 is 0 Å². The average molecular weight is 311 g/mol. The number of rotatable bonds is 2. The van der Waals surface area contributed by atoms with E-state index in [4.69, 9.17) is 0 Å². The monoisotopic (exact) mass is 310 g/mol. The fraction of sp³-hybridized carbons (Fsp3) is 0.571. The maximum Gasteiger partial charge on any atom is 0.299 e. The van der Waals surface area contributed by atoms with E-state index in [9.17, 15) is 10.1 Å². The molecule has 0 amide bonds. The van der Waals surface area contributed by atoms with Crippen molar-refractivity contribution in [2.45, 2.75) is 43.8 Å². The number of hydrogen-bond acceptors (Lipinski definition) is 2. The summed E-state index contributed by atoms with van der Waals surface area (Å²) in [4.78, 5) is 0. The molecule has 2 N–H and O–H groups in total. The Morgan fingerprint density at radius 3 is 2.67 bits per heavy atom. The Hall–Kier alpha value is -0.315. The molecule has 18 heavy (non-hydrogen) atoms. The Morgan fingerprint density at radius 1 is 1.39 bits per heavy atom. The quantitative estimate of drug-likeness (QED) is 0.651. The molecule has 1 fully saturated rings. The number of alkyl halides is 1. The van der Waals surface area contributed by atoms with Gasteiger partial charge in [-0.1, -0.05) is 54.0 Å². The highest BCUT2D eigenvalue weighted by Gasteiger charge is 2.43. The molecule has 1 heterocycles. The lowest BCUT2D eigenvalue weighted by molar-refractivity contribution is 0.0946. The standard InChI is InChI=1S/C14H20BBrO2/c1-14(2)7-12(17)13(15(18)9-14)11-6-4-3-5-10(11)8-16/h3-6,12-13,17-18H,7-9H2,1-2H3. The van der Waals surface area contributed by atoms with E-state index in [0.29, 0.717) is 0 Å². The van der Waals surface area contributed by atoms with Crippen LogP contribution in [0.5, 0.6) is 0 Å². The van der Waals surface area contributed by atoms with Crippen molar-refractivity contribution in [3.63, 3.8) is 0 Å². The molecule has 1 aromatic carbocycles. The second-order valence-corrected chi connectivity index (χ2v) is 6.63. The van der Waals surface area contributed by atoms with Crippen LogP contribution in [0.2, 0.25) is 6.32 Å². The van der Waals surface area contributed by atoms with Crippen LogP contribution in [-0.4, -0.2) is 23.2 Å². The van der Waals surface area contributed by atoms with E-state index >= 15 is 0 Å². The fourth-order valence-corrected chi connectivity index (χ4v) is 3.63. The Kier molecular flexibility index (Phi) is 4.20. The smallest absolute Gasteiger partial charge is 0.299 e. The van der Waals surface area contributed by atoms with Crippen molar-refractivity contribution < 1.29 is 10.1 Å². The lowest BCUT2D eigenvalue weighted by Crippen LogP contribution is -2.44. The van der Waals surface area contributed by atoms with Gasteiger partial charge in [0.25, 0.3) is 6.92 Å². The van der Waals surface area contributed by atoms with Gasteiger partial charge >= 0.3 is 0 Å². The van der Waals surface area contributed by atoms with Gasteiger partial charge in [0.05, 0.1) is 6.10 Å². The molecule has 0 spiro atoms. The first-order valence-corrected chi connectivity index (χ1v) is 7.56. The molecule has 1 aliphatic heterocycles. The molecule has 0 aromatic heterocycles. The molecule has 4 heteroatoms. The maximum atomic E-state index is 10.4.